The second kappa shape index (κ2) is 6.28. The van der Waals surface area contributed by atoms with Crippen LogP contribution in [0.15, 0.2) is 54.9 Å². The minimum atomic E-state index is -0.357. The molecular weight excluding hydrogens is 342 g/mol. The van der Waals surface area contributed by atoms with Crippen LogP contribution in [0.25, 0.3) is 22.0 Å². The Morgan fingerprint density at radius 2 is 1.96 bits per heavy atom. The van der Waals surface area contributed by atoms with Gasteiger partial charge in [0.15, 0.2) is 23.4 Å². The average molecular weight is 359 g/mol. The van der Waals surface area contributed by atoms with Gasteiger partial charge >= 0.3 is 0 Å². The number of nitrogens with one attached hydrogen (secondary N) is 2. The molecule has 2 N–H and O–H groups in total. The van der Waals surface area contributed by atoms with E-state index in [1.165, 1.54) is 0 Å². The molecule has 0 amide bonds. The lowest BCUT2D eigenvalue weighted by Gasteiger charge is -2.25. The highest BCUT2D eigenvalue weighted by molar-refractivity contribution is 5.92. The maximum Gasteiger partial charge on any atom is 0.192 e. The largest absolute Gasteiger partial charge is 0.485 e. The van der Waals surface area contributed by atoms with E-state index < -0.39 is 0 Å². The van der Waals surface area contributed by atoms with Gasteiger partial charge in [0.1, 0.15) is 12.4 Å². The minimum Gasteiger partial charge on any atom is -0.485 e. The number of ether oxygens (including phenoxy) is 2. The molecule has 0 saturated heterocycles. The normalized spacial score (nSPS) is 15.7. The third-order valence-electron chi connectivity index (χ3n) is 4.58. The summed E-state index contributed by atoms with van der Waals surface area (Å²) >= 11 is 0. The number of H-pyrrole nitrogens is 1. The van der Waals surface area contributed by atoms with Gasteiger partial charge in [-0.2, -0.15) is 5.10 Å². The standard InChI is InChI=1S/C20H17N5O2/c1-21-19-14-8-12(13-9-22-23-10-13)6-7-15(14)24-20(25-19)18-11-26-16-4-2-3-5-17(16)27-18/h2-10,18H,11H2,1H3,(H,22,23)(H,21,24,25). The number of aromatic nitrogens is 4. The van der Waals surface area contributed by atoms with Crippen LogP contribution in [0, 0.1) is 0 Å². The fourth-order valence-electron chi connectivity index (χ4n) is 3.22. The summed E-state index contributed by atoms with van der Waals surface area (Å²) in [6.45, 7) is 0.374. The highest BCUT2D eigenvalue weighted by atomic mass is 16.6. The molecule has 134 valence electrons. The van der Waals surface area contributed by atoms with Crippen LogP contribution in [0.5, 0.6) is 11.5 Å². The molecule has 1 atom stereocenters. The molecule has 0 spiro atoms. The molecule has 0 fully saturated rings. The Morgan fingerprint density at radius 1 is 1.07 bits per heavy atom. The first-order chi connectivity index (χ1) is 13.3. The number of rotatable bonds is 3. The number of hydrogen-bond donors (Lipinski definition) is 2. The lowest BCUT2D eigenvalue weighted by molar-refractivity contribution is 0.0854. The van der Waals surface area contributed by atoms with Crippen LogP contribution in [0.3, 0.4) is 0 Å². The number of nitrogens with zero attached hydrogens (tertiary/aromatic N) is 3. The van der Waals surface area contributed by atoms with Crippen LogP contribution in [-0.4, -0.2) is 33.8 Å². The van der Waals surface area contributed by atoms with Gasteiger partial charge in [-0.15, -0.1) is 0 Å². The first-order valence-corrected chi connectivity index (χ1v) is 8.69. The van der Waals surface area contributed by atoms with E-state index >= 15 is 0 Å². The molecular formula is C20H17N5O2. The summed E-state index contributed by atoms with van der Waals surface area (Å²) in [5, 5.41) is 11.0. The number of benzene rings is 2. The van der Waals surface area contributed by atoms with Crippen LogP contribution in [0.2, 0.25) is 0 Å². The Bertz CT molecular complexity index is 1110. The molecule has 2 aromatic heterocycles. The maximum atomic E-state index is 6.06. The SMILES string of the molecule is CNc1nc(C2COc3ccccc3O2)nc2ccc(-c3cn[nH]c3)cc12. The van der Waals surface area contributed by atoms with Crippen molar-refractivity contribution in [1.82, 2.24) is 20.2 Å². The predicted octanol–water partition coefficient (Wildman–Crippen LogP) is 3.57. The van der Waals surface area contributed by atoms with Crippen LogP contribution < -0.4 is 14.8 Å². The Kier molecular flexibility index (Phi) is 3.64. The Morgan fingerprint density at radius 3 is 2.78 bits per heavy atom. The minimum absolute atomic E-state index is 0.357. The monoisotopic (exact) mass is 359 g/mol. The predicted molar refractivity (Wildman–Crippen MR) is 102 cm³/mol. The van der Waals surface area contributed by atoms with Gasteiger partial charge in [0.2, 0.25) is 0 Å². The van der Waals surface area contributed by atoms with E-state index in [9.17, 15) is 0 Å². The smallest absolute Gasteiger partial charge is 0.192 e. The summed E-state index contributed by atoms with van der Waals surface area (Å²) in [5.41, 5.74) is 2.91. The van der Waals surface area contributed by atoms with Gasteiger partial charge in [-0.05, 0) is 29.8 Å². The van der Waals surface area contributed by atoms with Crippen molar-refractivity contribution in [2.24, 2.45) is 0 Å². The second-order valence-electron chi connectivity index (χ2n) is 6.26. The second-order valence-corrected chi connectivity index (χ2v) is 6.26. The van der Waals surface area contributed by atoms with E-state index in [2.05, 4.69) is 26.6 Å². The molecule has 0 bridgehead atoms. The van der Waals surface area contributed by atoms with Crippen molar-refractivity contribution in [3.8, 4) is 22.6 Å². The number of anilines is 1. The van der Waals surface area contributed by atoms with Crippen LogP contribution in [0.1, 0.15) is 11.9 Å². The summed E-state index contributed by atoms with van der Waals surface area (Å²) in [5.74, 6) is 2.80. The number of aromatic amines is 1. The maximum absolute atomic E-state index is 6.06. The number of hydrogen-bond acceptors (Lipinski definition) is 6. The average Bonchev–Trinajstić information content (AvgIpc) is 3.27. The van der Waals surface area contributed by atoms with Crippen molar-refractivity contribution in [2.45, 2.75) is 6.10 Å². The van der Waals surface area contributed by atoms with E-state index in [0.717, 1.165) is 33.6 Å². The van der Waals surface area contributed by atoms with E-state index in [0.29, 0.717) is 18.2 Å². The molecule has 1 unspecified atom stereocenters. The lowest BCUT2D eigenvalue weighted by atomic mass is 10.1. The van der Waals surface area contributed by atoms with Gasteiger partial charge in [0.25, 0.3) is 0 Å². The zero-order valence-corrected chi connectivity index (χ0v) is 14.6. The third-order valence-corrected chi connectivity index (χ3v) is 4.58. The third kappa shape index (κ3) is 2.73. The highest BCUT2D eigenvalue weighted by Gasteiger charge is 2.25. The van der Waals surface area contributed by atoms with Crippen LogP contribution in [-0.2, 0) is 0 Å². The first kappa shape index (κ1) is 15.6. The Hall–Kier alpha value is -3.61. The zero-order valence-electron chi connectivity index (χ0n) is 14.6. The fourth-order valence-corrected chi connectivity index (χ4v) is 3.22. The van der Waals surface area contributed by atoms with Gasteiger partial charge in [0, 0.05) is 24.2 Å². The van der Waals surface area contributed by atoms with Gasteiger partial charge in [-0.3, -0.25) is 5.10 Å². The molecule has 7 heteroatoms. The van der Waals surface area contributed by atoms with Crippen molar-refractivity contribution < 1.29 is 9.47 Å². The molecule has 2 aromatic carbocycles. The van der Waals surface area contributed by atoms with Crippen molar-refractivity contribution in [3.63, 3.8) is 0 Å². The van der Waals surface area contributed by atoms with Crippen molar-refractivity contribution in [2.75, 3.05) is 19.0 Å². The molecule has 0 saturated carbocycles. The quantitative estimate of drug-likeness (QED) is 0.582. The summed E-state index contributed by atoms with van der Waals surface area (Å²) in [6, 6.07) is 13.7. The summed E-state index contributed by atoms with van der Waals surface area (Å²) in [4.78, 5) is 9.41. The molecule has 1 aliphatic rings. The van der Waals surface area contributed by atoms with Gasteiger partial charge < -0.3 is 14.8 Å². The van der Waals surface area contributed by atoms with Crippen molar-refractivity contribution in [3.05, 3.63) is 60.7 Å². The van der Waals surface area contributed by atoms with E-state index in [1.807, 2.05) is 49.6 Å². The van der Waals surface area contributed by atoms with E-state index in [4.69, 9.17) is 14.5 Å². The van der Waals surface area contributed by atoms with Crippen molar-refractivity contribution in [1.29, 1.82) is 0 Å². The molecule has 7 nitrogen and oxygen atoms in total. The molecule has 0 radical (unpaired) electrons. The number of fused-ring (bicyclic) bond motifs is 2. The Labute approximate surface area is 155 Å². The Balaban J connectivity index is 1.56. The topological polar surface area (TPSA) is 85.0 Å². The number of para-hydroxylation sites is 2. The van der Waals surface area contributed by atoms with Gasteiger partial charge in [-0.25, -0.2) is 9.97 Å². The first-order valence-electron chi connectivity index (χ1n) is 8.69. The summed E-state index contributed by atoms with van der Waals surface area (Å²) in [6.07, 6.45) is 3.30. The molecule has 27 heavy (non-hydrogen) atoms. The van der Waals surface area contributed by atoms with Crippen molar-refractivity contribution >= 4 is 16.7 Å². The van der Waals surface area contributed by atoms with Crippen LogP contribution in [0.4, 0.5) is 5.82 Å². The van der Waals surface area contributed by atoms with Gasteiger partial charge in [-0.1, -0.05) is 18.2 Å². The molecule has 1 aliphatic heterocycles. The summed E-state index contributed by atoms with van der Waals surface area (Å²) in [7, 11) is 1.85. The molecule has 4 aromatic rings. The van der Waals surface area contributed by atoms with E-state index in [-0.39, 0.29) is 6.10 Å². The molecule has 3 heterocycles. The van der Waals surface area contributed by atoms with E-state index in [1.54, 1.807) is 6.20 Å². The molecule has 0 aliphatic carbocycles. The highest BCUT2D eigenvalue weighted by Crippen LogP contribution is 2.36. The zero-order chi connectivity index (χ0) is 18.2. The fraction of sp³-hybridized carbons (Fsp3) is 0.150. The summed E-state index contributed by atoms with van der Waals surface area (Å²) < 4.78 is 11.9. The molecule has 5 rings (SSSR count). The lowest BCUT2D eigenvalue weighted by Crippen LogP contribution is -2.23. The van der Waals surface area contributed by atoms with Crippen LogP contribution >= 0.6 is 0 Å². The van der Waals surface area contributed by atoms with Gasteiger partial charge in [0.05, 0.1) is 11.7 Å².